The van der Waals surface area contributed by atoms with Crippen LogP contribution in [0.3, 0.4) is 0 Å². The molecular weight excluding hydrogens is 424 g/mol. The molecule has 0 bridgehead atoms. The molecule has 1 fully saturated rings. The van der Waals surface area contributed by atoms with Crippen molar-refractivity contribution in [3.8, 4) is 11.5 Å². The number of rotatable bonds is 8. The number of nitrogens with zero attached hydrogens (tertiary/aromatic N) is 2. The molecular formula is C24H26N4O5. The second-order valence-electron chi connectivity index (χ2n) is 7.88. The van der Waals surface area contributed by atoms with Gasteiger partial charge >= 0.3 is 6.03 Å². The molecule has 0 radical (unpaired) electrons. The van der Waals surface area contributed by atoms with Gasteiger partial charge in [-0.1, -0.05) is 6.07 Å². The molecule has 33 heavy (non-hydrogen) atoms. The molecule has 2 heterocycles. The minimum Gasteiger partial charge on any atom is -0.493 e. The highest BCUT2D eigenvalue weighted by Crippen LogP contribution is 2.28. The van der Waals surface area contributed by atoms with Gasteiger partial charge in [0.1, 0.15) is 6.04 Å². The molecule has 172 valence electrons. The molecule has 9 nitrogen and oxygen atoms in total. The van der Waals surface area contributed by atoms with Crippen LogP contribution >= 0.6 is 0 Å². The Balaban J connectivity index is 1.34. The second kappa shape index (κ2) is 9.23. The quantitative estimate of drug-likeness (QED) is 0.514. The van der Waals surface area contributed by atoms with Crippen molar-refractivity contribution in [1.82, 2.24) is 14.8 Å². The molecule has 9 heteroatoms. The van der Waals surface area contributed by atoms with Gasteiger partial charge in [0.15, 0.2) is 11.5 Å². The third kappa shape index (κ3) is 4.62. The number of aryl methyl sites for hydroxylation is 1. The lowest BCUT2D eigenvalue weighted by Crippen LogP contribution is -2.34. The Kier molecular flexibility index (Phi) is 6.21. The minimum absolute atomic E-state index is 0.135. The summed E-state index contributed by atoms with van der Waals surface area (Å²) in [5.41, 5.74) is 2.59. The molecule has 1 atom stereocenters. The first kappa shape index (κ1) is 22.2. The van der Waals surface area contributed by atoms with Crippen molar-refractivity contribution in [2.45, 2.75) is 18.9 Å². The predicted octanol–water partition coefficient (Wildman–Crippen LogP) is 2.69. The molecule has 1 aliphatic heterocycles. The third-order valence-electron chi connectivity index (χ3n) is 5.74. The highest BCUT2D eigenvalue weighted by molar-refractivity contribution is 6.07. The minimum atomic E-state index is -0.886. The first-order valence-electron chi connectivity index (χ1n) is 10.6. The summed E-state index contributed by atoms with van der Waals surface area (Å²) in [5, 5.41) is 6.42. The Labute approximate surface area is 191 Å². The van der Waals surface area contributed by atoms with E-state index in [2.05, 4.69) is 10.6 Å². The van der Waals surface area contributed by atoms with E-state index in [1.54, 1.807) is 20.3 Å². The third-order valence-corrected chi connectivity index (χ3v) is 5.74. The number of methoxy groups -OCH3 is 2. The molecule has 4 rings (SSSR count). The van der Waals surface area contributed by atoms with Crippen LogP contribution in [0, 0.1) is 0 Å². The van der Waals surface area contributed by atoms with Gasteiger partial charge in [0.2, 0.25) is 5.91 Å². The topological polar surface area (TPSA) is 102 Å². The van der Waals surface area contributed by atoms with Crippen LogP contribution in [0.4, 0.5) is 10.5 Å². The van der Waals surface area contributed by atoms with Crippen molar-refractivity contribution < 1.29 is 23.9 Å². The highest BCUT2D eigenvalue weighted by Gasteiger charge is 2.38. The number of imide groups is 1. The van der Waals surface area contributed by atoms with Crippen molar-refractivity contribution in [1.29, 1.82) is 0 Å². The maximum Gasteiger partial charge on any atom is 0.324 e. The number of aromatic nitrogens is 1. The number of hydrogen-bond acceptors (Lipinski definition) is 5. The first-order valence-corrected chi connectivity index (χ1v) is 10.6. The number of anilines is 1. The van der Waals surface area contributed by atoms with Crippen molar-refractivity contribution in [2.75, 3.05) is 26.1 Å². The van der Waals surface area contributed by atoms with E-state index >= 15 is 0 Å². The summed E-state index contributed by atoms with van der Waals surface area (Å²) in [6.07, 6.45) is 2.26. The zero-order valence-corrected chi connectivity index (χ0v) is 18.8. The van der Waals surface area contributed by atoms with Gasteiger partial charge < -0.3 is 24.7 Å². The first-order chi connectivity index (χ1) is 15.9. The Hall–Kier alpha value is -4.01. The van der Waals surface area contributed by atoms with Crippen LogP contribution < -0.4 is 20.1 Å². The lowest BCUT2D eigenvalue weighted by molar-refractivity contribution is -0.129. The number of nitrogens with one attached hydrogen (secondary N) is 2. The van der Waals surface area contributed by atoms with Crippen molar-refractivity contribution >= 4 is 34.4 Å². The number of fused-ring (bicyclic) bond motifs is 1. The Morgan fingerprint density at radius 2 is 1.85 bits per heavy atom. The summed E-state index contributed by atoms with van der Waals surface area (Å²) in [4.78, 5) is 38.7. The van der Waals surface area contributed by atoms with E-state index in [1.165, 1.54) is 0 Å². The summed E-state index contributed by atoms with van der Waals surface area (Å²) in [5.74, 6) is 0.434. The SMILES string of the molecule is COc1ccc(CCN2C(=O)N[C@@H](CC(=O)Nc3ccc4c(ccn4C)c3)C2=O)cc1OC. The number of ether oxygens (including phenoxy) is 2. The monoisotopic (exact) mass is 450 g/mol. The Morgan fingerprint density at radius 3 is 2.61 bits per heavy atom. The van der Waals surface area contributed by atoms with Crippen LogP contribution in [0.25, 0.3) is 10.9 Å². The fraction of sp³-hybridized carbons (Fsp3) is 0.292. The fourth-order valence-electron chi connectivity index (χ4n) is 3.96. The van der Waals surface area contributed by atoms with Crippen molar-refractivity contribution in [3.63, 3.8) is 0 Å². The highest BCUT2D eigenvalue weighted by atomic mass is 16.5. The van der Waals surface area contributed by atoms with Crippen LogP contribution in [-0.4, -0.2) is 54.1 Å². The zero-order chi connectivity index (χ0) is 23.5. The van der Waals surface area contributed by atoms with Crippen LogP contribution in [0.1, 0.15) is 12.0 Å². The number of urea groups is 1. The lowest BCUT2D eigenvalue weighted by atomic mass is 10.1. The Bertz CT molecular complexity index is 1220. The van der Waals surface area contributed by atoms with E-state index in [1.807, 2.05) is 54.2 Å². The van der Waals surface area contributed by atoms with Gasteiger partial charge in [0, 0.05) is 36.4 Å². The number of hydrogen-bond donors (Lipinski definition) is 2. The summed E-state index contributed by atoms with van der Waals surface area (Å²) >= 11 is 0. The van der Waals surface area contributed by atoms with Gasteiger partial charge in [0.25, 0.3) is 5.91 Å². The van der Waals surface area contributed by atoms with E-state index in [4.69, 9.17) is 9.47 Å². The van der Waals surface area contributed by atoms with Gasteiger partial charge in [-0.2, -0.15) is 0 Å². The molecule has 0 saturated carbocycles. The average molecular weight is 450 g/mol. The lowest BCUT2D eigenvalue weighted by Gasteiger charge is -2.14. The standard InChI is InChI=1S/C24H26N4O5/c1-27-10-9-16-13-17(5-6-19(16)27)25-22(29)14-18-23(30)28(24(31)26-18)11-8-15-4-7-20(32-2)21(12-15)33-3/h4-7,9-10,12-13,18H,8,11,14H2,1-3H3,(H,25,29)(H,26,31)/t18-/m0/s1. The fourth-order valence-corrected chi connectivity index (χ4v) is 3.96. The summed E-state index contributed by atoms with van der Waals surface area (Å²) in [7, 11) is 5.06. The molecule has 1 aromatic heterocycles. The molecule has 2 N–H and O–H groups in total. The number of benzene rings is 2. The predicted molar refractivity (Wildman–Crippen MR) is 123 cm³/mol. The van der Waals surface area contributed by atoms with Gasteiger partial charge in [-0.3, -0.25) is 14.5 Å². The summed E-state index contributed by atoms with van der Waals surface area (Å²) < 4.78 is 12.5. The molecule has 0 spiro atoms. The van der Waals surface area contributed by atoms with Crippen LogP contribution in [0.5, 0.6) is 11.5 Å². The molecule has 3 aromatic rings. The van der Waals surface area contributed by atoms with E-state index in [0.29, 0.717) is 23.6 Å². The molecule has 1 saturated heterocycles. The van der Waals surface area contributed by atoms with Gasteiger partial charge in [-0.15, -0.1) is 0 Å². The molecule has 4 amide bonds. The van der Waals surface area contributed by atoms with E-state index < -0.39 is 18.0 Å². The van der Waals surface area contributed by atoms with E-state index in [0.717, 1.165) is 21.4 Å². The van der Waals surface area contributed by atoms with Crippen LogP contribution in [-0.2, 0) is 23.1 Å². The maximum absolute atomic E-state index is 12.7. The van der Waals surface area contributed by atoms with E-state index in [9.17, 15) is 14.4 Å². The normalized spacial score (nSPS) is 15.6. The number of carbonyl (C=O) groups excluding carboxylic acids is 3. The summed E-state index contributed by atoms with van der Waals surface area (Å²) in [6.45, 7) is 0.197. The summed E-state index contributed by atoms with van der Waals surface area (Å²) in [6, 6.07) is 11.6. The van der Waals surface area contributed by atoms with Gasteiger partial charge in [0.05, 0.1) is 20.6 Å². The maximum atomic E-state index is 12.7. The Morgan fingerprint density at radius 1 is 1.06 bits per heavy atom. The zero-order valence-electron chi connectivity index (χ0n) is 18.8. The van der Waals surface area contributed by atoms with E-state index in [-0.39, 0.29) is 18.9 Å². The van der Waals surface area contributed by atoms with Crippen molar-refractivity contribution in [3.05, 3.63) is 54.2 Å². The largest absolute Gasteiger partial charge is 0.493 e. The van der Waals surface area contributed by atoms with Crippen LogP contribution in [0.15, 0.2) is 48.7 Å². The molecule has 1 aliphatic rings. The van der Waals surface area contributed by atoms with Gasteiger partial charge in [-0.25, -0.2) is 4.79 Å². The average Bonchev–Trinajstić information content (AvgIpc) is 3.30. The second-order valence-corrected chi connectivity index (χ2v) is 7.88. The molecule has 0 unspecified atom stereocenters. The van der Waals surface area contributed by atoms with Gasteiger partial charge in [-0.05, 0) is 48.4 Å². The molecule has 2 aromatic carbocycles. The smallest absolute Gasteiger partial charge is 0.324 e. The van der Waals surface area contributed by atoms with Crippen molar-refractivity contribution in [2.24, 2.45) is 7.05 Å². The number of carbonyl (C=O) groups is 3. The molecule has 0 aliphatic carbocycles. The van der Waals surface area contributed by atoms with Crippen LogP contribution in [0.2, 0.25) is 0 Å². The number of amides is 4.